The molecule has 138 valence electrons. The van der Waals surface area contributed by atoms with E-state index in [1.165, 1.54) is 4.68 Å². The number of nitrogens with zero attached hydrogens (tertiary/aromatic N) is 4. The summed E-state index contributed by atoms with van der Waals surface area (Å²) in [5.74, 6) is 0.834. The number of hydrogen-bond acceptors (Lipinski definition) is 5. The van der Waals surface area contributed by atoms with Crippen LogP contribution in [-0.4, -0.2) is 57.9 Å². The minimum absolute atomic E-state index is 0.00380. The summed E-state index contributed by atoms with van der Waals surface area (Å²) in [6.45, 7) is 2.00. The number of piperidine rings is 1. The van der Waals surface area contributed by atoms with Gasteiger partial charge in [0.2, 0.25) is 0 Å². The van der Waals surface area contributed by atoms with Crippen molar-refractivity contribution in [1.82, 2.24) is 25.2 Å². The van der Waals surface area contributed by atoms with Crippen LogP contribution in [0.25, 0.3) is 0 Å². The lowest BCUT2D eigenvalue weighted by molar-refractivity contribution is -0.134. The predicted molar refractivity (Wildman–Crippen MR) is 94.6 cm³/mol. The average Bonchev–Trinajstić information content (AvgIpc) is 3.12. The summed E-state index contributed by atoms with van der Waals surface area (Å²) in [5, 5.41) is 10.4. The van der Waals surface area contributed by atoms with Gasteiger partial charge in [-0.3, -0.25) is 14.3 Å². The van der Waals surface area contributed by atoms with Crippen LogP contribution >= 0.6 is 0 Å². The fraction of sp³-hybridized carbons (Fsp3) is 0.444. The highest BCUT2D eigenvalue weighted by Gasteiger charge is 2.23. The number of carbonyl (C=O) groups is 2. The quantitative estimate of drug-likeness (QED) is 0.828. The van der Waals surface area contributed by atoms with E-state index in [2.05, 4.69) is 15.6 Å². The van der Waals surface area contributed by atoms with Crippen LogP contribution in [0.5, 0.6) is 5.75 Å². The van der Waals surface area contributed by atoms with E-state index in [9.17, 15) is 9.59 Å². The molecule has 8 heteroatoms. The molecule has 0 radical (unpaired) electrons. The molecule has 1 saturated heterocycles. The van der Waals surface area contributed by atoms with Crippen LogP contribution in [0.2, 0.25) is 0 Å². The highest BCUT2D eigenvalue weighted by molar-refractivity contribution is 5.91. The van der Waals surface area contributed by atoms with Crippen molar-refractivity contribution >= 4 is 11.8 Å². The van der Waals surface area contributed by atoms with Crippen LogP contribution in [0.15, 0.2) is 36.5 Å². The van der Waals surface area contributed by atoms with Gasteiger partial charge in [0.1, 0.15) is 5.75 Å². The monoisotopic (exact) mass is 357 g/mol. The largest absolute Gasteiger partial charge is 0.484 e. The molecule has 0 saturated carbocycles. The summed E-state index contributed by atoms with van der Waals surface area (Å²) >= 11 is 0. The number of hydrogen-bond donors (Lipinski definition) is 1. The molecule has 1 fully saturated rings. The number of aryl methyl sites for hydroxylation is 1. The molecule has 2 amide bonds. The third kappa shape index (κ3) is 4.81. The molecule has 2 heterocycles. The van der Waals surface area contributed by atoms with Crippen molar-refractivity contribution in [3.63, 3.8) is 0 Å². The third-order valence-corrected chi connectivity index (χ3v) is 4.46. The minimum atomic E-state index is -0.215. The van der Waals surface area contributed by atoms with Crippen molar-refractivity contribution in [3.05, 3.63) is 42.2 Å². The Hall–Kier alpha value is -2.90. The molecule has 0 aliphatic carbocycles. The Bertz CT molecular complexity index is 738. The Labute approximate surface area is 152 Å². The van der Waals surface area contributed by atoms with Gasteiger partial charge in [-0.15, -0.1) is 5.10 Å². The van der Waals surface area contributed by atoms with Crippen LogP contribution in [0.3, 0.4) is 0 Å². The van der Waals surface area contributed by atoms with E-state index in [1.807, 2.05) is 35.2 Å². The van der Waals surface area contributed by atoms with Gasteiger partial charge in [-0.25, -0.2) is 0 Å². The van der Waals surface area contributed by atoms with E-state index in [-0.39, 0.29) is 18.4 Å². The van der Waals surface area contributed by atoms with Gasteiger partial charge in [-0.2, -0.15) is 0 Å². The van der Waals surface area contributed by atoms with Crippen molar-refractivity contribution in [2.45, 2.75) is 12.8 Å². The molecular weight excluding hydrogens is 334 g/mol. The van der Waals surface area contributed by atoms with Crippen molar-refractivity contribution in [3.8, 4) is 5.75 Å². The number of aromatic nitrogens is 3. The summed E-state index contributed by atoms with van der Waals surface area (Å²) in [6, 6.07) is 9.32. The molecule has 1 aliphatic rings. The molecule has 1 aromatic carbocycles. The molecule has 3 rings (SSSR count). The van der Waals surface area contributed by atoms with E-state index >= 15 is 0 Å². The second kappa shape index (κ2) is 8.46. The molecule has 26 heavy (non-hydrogen) atoms. The van der Waals surface area contributed by atoms with Crippen LogP contribution in [-0.2, 0) is 11.8 Å². The molecular formula is C18H23N5O3. The number of rotatable bonds is 6. The van der Waals surface area contributed by atoms with E-state index < -0.39 is 0 Å². The van der Waals surface area contributed by atoms with Crippen molar-refractivity contribution in [1.29, 1.82) is 0 Å². The first kappa shape index (κ1) is 17.9. The fourth-order valence-corrected chi connectivity index (χ4v) is 2.92. The summed E-state index contributed by atoms with van der Waals surface area (Å²) in [7, 11) is 1.72. The van der Waals surface area contributed by atoms with Crippen molar-refractivity contribution in [2.75, 3.05) is 26.2 Å². The minimum Gasteiger partial charge on any atom is -0.484 e. The van der Waals surface area contributed by atoms with Crippen LogP contribution < -0.4 is 10.1 Å². The molecule has 2 aromatic rings. The first-order valence-corrected chi connectivity index (χ1v) is 8.72. The zero-order valence-electron chi connectivity index (χ0n) is 14.8. The summed E-state index contributed by atoms with van der Waals surface area (Å²) in [6.07, 6.45) is 3.30. The number of carbonyl (C=O) groups excluding carboxylic acids is 2. The maximum atomic E-state index is 12.2. The van der Waals surface area contributed by atoms with Gasteiger partial charge >= 0.3 is 0 Å². The Morgan fingerprint density at radius 3 is 2.62 bits per heavy atom. The first-order chi connectivity index (χ1) is 12.6. The van der Waals surface area contributed by atoms with E-state index in [4.69, 9.17) is 4.74 Å². The van der Waals surface area contributed by atoms with E-state index in [0.29, 0.717) is 37.0 Å². The molecule has 8 nitrogen and oxygen atoms in total. The van der Waals surface area contributed by atoms with Gasteiger partial charge in [-0.1, -0.05) is 23.4 Å². The average molecular weight is 357 g/mol. The van der Waals surface area contributed by atoms with Crippen LogP contribution in [0.1, 0.15) is 23.3 Å². The lowest BCUT2D eigenvalue weighted by atomic mass is 9.96. The van der Waals surface area contributed by atoms with E-state index in [0.717, 1.165) is 12.8 Å². The maximum absolute atomic E-state index is 12.2. The number of likely N-dealkylation sites (tertiary alicyclic amines) is 1. The van der Waals surface area contributed by atoms with E-state index in [1.54, 1.807) is 13.2 Å². The second-order valence-corrected chi connectivity index (χ2v) is 6.41. The van der Waals surface area contributed by atoms with Crippen LogP contribution in [0.4, 0.5) is 0 Å². The standard InChI is InChI=1S/C18H23N5O3/c1-22-12-16(20-21-22)18(25)19-11-14-7-9-23(10-8-14)17(24)13-26-15-5-3-2-4-6-15/h2-6,12,14H,7-11,13H2,1H3,(H,19,25). The SMILES string of the molecule is Cn1cc(C(=O)NCC2CCN(C(=O)COc3ccccc3)CC2)nn1. The number of benzene rings is 1. The highest BCUT2D eigenvalue weighted by atomic mass is 16.5. The molecule has 1 aromatic heterocycles. The van der Waals surface area contributed by atoms with Gasteiger partial charge in [-0.05, 0) is 30.9 Å². The summed E-state index contributed by atoms with van der Waals surface area (Å²) in [5.41, 5.74) is 0.318. The zero-order chi connectivity index (χ0) is 18.4. The van der Waals surface area contributed by atoms with Gasteiger partial charge in [0.25, 0.3) is 11.8 Å². The lowest BCUT2D eigenvalue weighted by Gasteiger charge is -2.32. The Kier molecular flexibility index (Phi) is 5.83. The third-order valence-electron chi connectivity index (χ3n) is 4.46. The Morgan fingerprint density at radius 2 is 1.96 bits per heavy atom. The lowest BCUT2D eigenvalue weighted by Crippen LogP contribution is -2.43. The second-order valence-electron chi connectivity index (χ2n) is 6.41. The Balaban J connectivity index is 1.37. The number of para-hydroxylation sites is 1. The number of nitrogens with one attached hydrogen (secondary N) is 1. The predicted octanol–water partition coefficient (Wildman–Crippen LogP) is 0.862. The van der Waals surface area contributed by atoms with Crippen LogP contribution in [0, 0.1) is 5.92 Å². The molecule has 1 N–H and O–H groups in total. The highest BCUT2D eigenvalue weighted by Crippen LogP contribution is 2.17. The van der Waals surface area contributed by atoms with Gasteiger partial charge in [0.15, 0.2) is 12.3 Å². The smallest absolute Gasteiger partial charge is 0.273 e. The summed E-state index contributed by atoms with van der Waals surface area (Å²) < 4.78 is 7.01. The van der Waals surface area contributed by atoms with Gasteiger partial charge in [0.05, 0.1) is 6.20 Å². The molecule has 0 unspecified atom stereocenters. The molecule has 1 aliphatic heterocycles. The van der Waals surface area contributed by atoms with Gasteiger partial charge < -0.3 is 15.0 Å². The molecule has 0 bridgehead atoms. The van der Waals surface area contributed by atoms with Crippen molar-refractivity contribution < 1.29 is 14.3 Å². The number of ether oxygens (including phenoxy) is 1. The zero-order valence-corrected chi connectivity index (χ0v) is 14.8. The topological polar surface area (TPSA) is 89.4 Å². The normalized spacial score (nSPS) is 14.9. The molecule has 0 spiro atoms. The van der Waals surface area contributed by atoms with Gasteiger partial charge in [0, 0.05) is 26.7 Å². The summed E-state index contributed by atoms with van der Waals surface area (Å²) in [4.78, 5) is 26.1. The maximum Gasteiger partial charge on any atom is 0.273 e. The first-order valence-electron chi connectivity index (χ1n) is 8.72. The fourth-order valence-electron chi connectivity index (χ4n) is 2.92. The molecule has 0 atom stereocenters. The Morgan fingerprint density at radius 1 is 1.23 bits per heavy atom. The number of amides is 2. The van der Waals surface area contributed by atoms with Crippen molar-refractivity contribution in [2.24, 2.45) is 13.0 Å².